The van der Waals surface area contributed by atoms with Gasteiger partial charge >= 0.3 is 39.1 Å². The van der Waals surface area contributed by atoms with E-state index in [0.29, 0.717) is 0 Å². The van der Waals surface area contributed by atoms with Gasteiger partial charge in [0.2, 0.25) is 0 Å². The van der Waals surface area contributed by atoms with Crippen LogP contribution in [0.25, 0.3) is 0 Å². The number of rotatable bonds is 7. The van der Waals surface area contributed by atoms with Gasteiger partial charge in [-0.2, -0.15) is 58.7 Å². The summed E-state index contributed by atoms with van der Waals surface area (Å²) in [5.41, 5.74) is 0. The molecule has 0 unspecified atom stereocenters. The van der Waals surface area contributed by atoms with Crippen molar-refractivity contribution >= 4 is 15.9 Å². The van der Waals surface area contributed by atoms with Crippen LogP contribution >= 0.6 is 15.9 Å². The summed E-state index contributed by atoms with van der Waals surface area (Å²) in [4.78, 5) is 0. The summed E-state index contributed by atoms with van der Waals surface area (Å²) >= 11 is 7.85. The molecule has 158 valence electrons. The summed E-state index contributed by atoms with van der Waals surface area (Å²) in [6.45, 7) is 6.08. The minimum atomic E-state index is 0.954. The van der Waals surface area contributed by atoms with Crippen LogP contribution < -0.4 is 0 Å². The molecule has 0 heterocycles. The fourth-order valence-electron chi connectivity index (χ4n) is 1.81. The Morgan fingerprint density at radius 2 is 1.37 bits per heavy atom. The van der Waals surface area contributed by atoms with Crippen molar-refractivity contribution in [2.45, 2.75) is 58.3 Å². The SMILES string of the molecule is Brc1[c-]cc[c-]c1.[CH2-]CCCCCCCCC.[O]=[Co].[O]=[Co].[c-]1ccccc1. The molecule has 0 N–H and O–H groups in total. The molecule has 2 aromatic carbocycles. The van der Waals surface area contributed by atoms with E-state index in [-0.39, 0.29) is 0 Å². The molecule has 0 spiro atoms. The predicted octanol–water partition coefficient (Wildman–Crippen LogP) is 7.25. The van der Waals surface area contributed by atoms with Gasteiger partial charge in [0.1, 0.15) is 0 Å². The van der Waals surface area contributed by atoms with Crippen molar-refractivity contribution in [1.29, 1.82) is 0 Å². The van der Waals surface area contributed by atoms with Gasteiger partial charge in [0.05, 0.1) is 0 Å². The Bertz CT molecular complexity index is 422. The van der Waals surface area contributed by atoms with Gasteiger partial charge in [0.15, 0.2) is 0 Å². The maximum Gasteiger partial charge on any atom is -0.171 e. The van der Waals surface area contributed by atoms with E-state index in [1.807, 2.05) is 48.5 Å². The van der Waals surface area contributed by atoms with Crippen LogP contribution in [0.1, 0.15) is 58.3 Å². The van der Waals surface area contributed by atoms with Crippen LogP contribution in [0.15, 0.2) is 53.0 Å². The van der Waals surface area contributed by atoms with E-state index in [1.165, 1.54) is 44.9 Å². The molecule has 0 saturated carbocycles. The van der Waals surface area contributed by atoms with Crippen molar-refractivity contribution in [3.8, 4) is 0 Å². The summed E-state index contributed by atoms with van der Waals surface area (Å²) in [6, 6.07) is 23.7. The molecule has 0 saturated heterocycles. The van der Waals surface area contributed by atoms with Gasteiger partial charge in [-0.3, -0.25) is 18.2 Å². The Morgan fingerprint density at radius 1 is 0.815 bits per heavy atom. The number of hydrogen-bond acceptors (Lipinski definition) is 2. The number of benzene rings is 2. The molecule has 0 amide bonds. The first kappa shape index (κ1) is 31.2. The third kappa shape index (κ3) is 33.5. The number of halogens is 1. The number of unbranched alkanes of at least 4 members (excludes halogenated alkanes) is 7. The fourth-order valence-corrected chi connectivity index (χ4v) is 2.07. The third-order valence-corrected chi connectivity index (χ3v) is 3.53. The molecule has 0 fully saturated rings. The van der Waals surface area contributed by atoms with Crippen molar-refractivity contribution in [2.75, 3.05) is 0 Å². The van der Waals surface area contributed by atoms with E-state index in [4.69, 9.17) is 7.73 Å². The van der Waals surface area contributed by atoms with Gasteiger partial charge in [0, 0.05) is 0 Å². The van der Waals surface area contributed by atoms with E-state index >= 15 is 0 Å². The van der Waals surface area contributed by atoms with Gasteiger partial charge in [0.25, 0.3) is 0 Å². The first-order chi connectivity index (χ1) is 13.3. The fraction of sp³-hybridized carbons (Fsp3) is 0.409. The van der Waals surface area contributed by atoms with Crippen molar-refractivity contribution < 1.29 is 39.1 Å². The smallest absolute Gasteiger partial charge is 0.171 e. The zero-order valence-electron chi connectivity index (χ0n) is 15.8. The van der Waals surface area contributed by atoms with E-state index in [9.17, 15) is 0 Å². The number of hydrogen-bond donors (Lipinski definition) is 0. The quantitative estimate of drug-likeness (QED) is 0.283. The van der Waals surface area contributed by atoms with Crippen LogP contribution in [-0.4, -0.2) is 0 Å². The molecule has 0 aliphatic carbocycles. The Kier molecular flexibility index (Phi) is 38.3. The molecule has 2 aromatic rings. The van der Waals surface area contributed by atoms with Crippen LogP contribution in [0.4, 0.5) is 0 Å². The molecule has 0 aliphatic heterocycles. The van der Waals surface area contributed by atoms with E-state index < -0.39 is 0 Å². The molecule has 0 radical (unpaired) electrons. The first-order valence-corrected chi connectivity index (χ1v) is 10.5. The third-order valence-electron chi connectivity index (χ3n) is 3.07. The maximum absolute atomic E-state index is 7.94. The van der Waals surface area contributed by atoms with Crippen LogP contribution in [0.5, 0.6) is 0 Å². The Balaban J connectivity index is -0.000000299. The zero-order chi connectivity index (χ0) is 21.0. The Morgan fingerprint density at radius 3 is 1.67 bits per heavy atom. The largest absolute Gasteiger partial charge is 0.184 e. The summed E-state index contributed by atoms with van der Waals surface area (Å²) in [5.74, 6) is 0. The molecule has 5 heteroatoms. The van der Waals surface area contributed by atoms with Gasteiger partial charge in [-0.25, -0.2) is 4.47 Å². The Hall–Kier alpha value is -0.467. The molecule has 0 atom stereocenters. The molecule has 2 nitrogen and oxygen atoms in total. The first-order valence-electron chi connectivity index (χ1n) is 8.82. The maximum atomic E-state index is 7.94. The summed E-state index contributed by atoms with van der Waals surface area (Å²) in [6.07, 6.45) is 10.9. The van der Waals surface area contributed by atoms with Gasteiger partial charge < -0.3 is 19.1 Å². The second kappa shape index (κ2) is 33.1. The van der Waals surface area contributed by atoms with E-state index in [0.717, 1.165) is 10.9 Å². The second-order valence-electron chi connectivity index (χ2n) is 5.19. The molecular formula is C22H29BrCo2O2-4. The molecule has 2 rings (SSSR count). The van der Waals surface area contributed by atoms with E-state index in [1.54, 1.807) is 0 Å². The monoisotopic (exact) mass is 522 g/mol. The van der Waals surface area contributed by atoms with E-state index in [2.05, 4.69) is 79.3 Å². The minimum absolute atomic E-state index is 0.954. The Labute approximate surface area is 190 Å². The van der Waals surface area contributed by atoms with Gasteiger partial charge in [-0.1, -0.05) is 51.9 Å². The molecule has 0 bridgehead atoms. The predicted molar refractivity (Wildman–Crippen MR) is 106 cm³/mol. The second-order valence-corrected chi connectivity index (χ2v) is 6.04. The molecule has 0 aliphatic rings. The van der Waals surface area contributed by atoms with Crippen LogP contribution in [-0.2, 0) is 39.1 Å². The molecule has 27 heavy (non-hydrogen) atoms. The molecular weight excluding hydrogens is 494 g/mol. The summed E-state index contributed by atoms with van der Waals surface area (Å²) < 4.78 is 16.8. The van der Waals surface area contributed by atoms with Gasteiger partial charge in [-0.05, 0) is 0 Å². The standard InChI is InChI=1S/C10H21.C6H3Br.C6H5.2Co.2O/c1-3-5-7-9-10-8-6-4-2;7-6-4-2-1-3-5-6;1-2-4-6-5-3-1;;;;/h1,3-10H2,2H3;1-2,5H;1-5H;;;;/q-1;-2;-1;;;;. The van der Waals surface area contributed by atoms with Crippen LogP contribution in [0.3, 0.4) is 0 Å². The van der Waals surface area contributed by atoms with Crippen LogP contribution in [0, 0.1) is 25.1 Å². The minimum Gasteiger partial charge on any atom is -0.184 e. The van der Waals surface area contributed by atoms with Crippen LogP contribution in [0.2, 0.25) is 0 Å². The summed E-state index contributed by atoms with van der Waals surface area (Å²) in [5, 5.41) is 0. The molecule has 0 aromatic heterocycles. The van der Waals surface area contributed by atoms with Crippen molar-refractivity contribution in [2.24, 2.45) is 0 Å². The van der Waals surface area contributed by atoms with Crippen molar-refractivity contribution in [1.82, 2.24) is 0 Å². The van der Waals surface area contributed by atoms with Gasteiger partial charge in [-0.15, -0.1) is 0 Å². The zero-order valence-corrected chi connectivity index (χ0v) is 19.5. The average Bonchev–Trinajstić information content (AvgIpc) is 2.76. The van der Waals surface area contributed by atoms with Crippen molar-refractivity contribution in [3.05, 3.63) is 78.1 Å². The average molecular weight is 523 g/mol. The van der Waals surface area contributed by atoms with Crippen molar-refractivity contribution in [3.63, 3.8) is 0 Å². The topological polar surface area (TPSA) is 34.1 Å². The normalized spacial score (nSPS) is 8.19. The summed E-state index contributed by atoms with van der Waals surface area (Å²) in [7, 11) is 0.